The molecule has 112 valence electrons. The van der Waals surface area contributed by atoms with Crippen LogP contribution in [0.5, 0.6) is 0 Å². The molecule has 0 saturated heterocycles. The molecular weight excluding hydrogens is 311 g/mol. The fourth-order valence-electron chi connectivity index (χ4n) is 1.33. The lowest BCUT2D eigenvalue weighted by Gasteiger charge is -2.07. The van der Waals surface area contributed by atoms with E-state index in [1.807, 2.05) is 0 Å². The van der Waals surface area contributed by atoms with Crippen molar-refractivity contribution in [3.8, 4) is 0 Å². The Hall–Kier alpha value is -1.62. The summed E-state index contributed by atoms with van der Waals surface area (Å²) in [5.74, 6) is -1.67. The van der Waals surface area contributed by atoms with Crippen molar-refractivity contribution in [3.05, 3.63) is 83.6 Å². The summed E-state index contributed by atoms with van der Waals surface area (Å²) in [5, 5.41) is 0.127. The van der Waals surface area contributed by atoms with Crippen molar-refractivity contribution in [3.63, 3.8) is 0 Å². The van der Waals surface area contributed by atoms with Crippen molar-refractivity contribution in [1.82, 2.24) is 0 Å². The maximum Gasteiger partial charge on any atom is 0.419 e. The first-order valence-electron chi connectivity index (χ1n) is 5.57. The molecule has 0 unspecified atom stereocenters. The van der Waals surface area contributed by atoms with Gasteiger partial charge >= 0.3 is 6.18 Å². The highest BCUT2D eigenvalue weighted by Crippen LogP contribution is 2.31. The molecule has 0 atom stereocenters. The average Bonchev–Trinajstić information content (AvgIpc) is 2.37. The number of rotatable bonds is 0. The van der Waals surface area contributed by atoms with Gasteiger partial charge in [0.1, 0.15) is 11.6 Å². The summed E-state index contributed by atoms with van der Waals surface area (Å²) in [6, 6.07) is 6.97. The highest BCUT2D eigenvalue weighted by Gasteiger charge is 2.33. The minimum absolute atomic E-state index is 0.127. The normalized spacial score (nSPS) is 10.9. The van der Waals surface area contributed by atoms with E-state index < -0.39 is 23.4 Å². The van der Waals surface area contributed by atoms with Gasteiger partial charge in [0.25, 0.3) is 0 Å². The monoisotopic (exact) mass is 320 g/mol. The van der Waals surface area contributed by atoms with Crippen LogP contribution in [0.4, 0.5) is 22.0 Å². The molecular formula is C15H10ClF5. The first-order valence-corrected chi connectivity index (χ1v) is 5.95. The first kappa shape index (κ1) is 17.4. The van der Waals surface area contributed by atoms with Gasteiger partial charge in [-0.15, -0.1) is 0 Å². The first-order chi connectivity index (χ1) is 9.61. The molecule has 0 aliphatic heterocycles. The van der Waals surface area contributed by atoms with Crippen molar-refractivity contribution in [1.29, 1.82) is 0 Å². The molecule has 0 fully saturated rings. The standard InChI is InChI=1S/C8H5F4.C7H5ClF/c1-5-2-3-7(9)6(4-5)8(10,11)12;1-5-2-3-7(9)6(8)4-5/h2-4H,1H2;2-4H,1H2. The zero-order chi connectivity index (χ0) is 16.2. The molecule has 0 nitrogen and oxygen atoms in total. The molecule has 2 aromatic carbocycles. The van der Waals surface area contributed by atoms with Crippen LogP contribution in [-0.2, 0) is 6.18 Å². The molecule has 0 bridgehead atoms. The Morgan fingerprint density at radius 3 is 1.67 bits per heavy atom. The molecule has 0 N–H and O–H groups in total. The summed E-state index contributed by atoms with van der Waals surface area (Å²) in [6.07, 6.45) is -4.64. The number of halogens is 6. The maximum absolute atomic E-state index is 12.5. The zero-order valence-corrected chi connectivity index (χ0v) is 11.4. The molecule has 2 radical (unpaired) electrons. The van der Waals surface area contributed by atoms with Crippen molar-refractivity contribution in [2.75, 3.05) is 0 Å². The predicted octanol–water partition coefficient (Wildman–Crippen LogP) is 5.69. The van der Waals surface area contributed by atoms with Crippen LogP contribution in [0.25, 0.3) is 0 Å². The van der Waals surface area contributed by atoms with Gasteiger partial charge in [-0.3, -0.25) is 0 Å². The molecule has 21 heavy (non-hydrogen) atoms. The second kappa shape index (κ2) is 6.89. The molecule has 0 saturated carbocycles. The third-order valence-electron chi connectivity index (χ3n) is 2.32. The lowest BCUT2D eigenvalue weighted by Crippen LogP contribution is -2.08. The molecule has 0 amide bonds. The van der Waals surface area contributed by atoms with Gasteiger partial charge in [0, 0.05) is 0 Å². The third kappa shape index (κ3) is 5.34. The van der Waals surface area contributed by atoms with E-state index in [1.54, 1.807) is 6.07 Å². The molecule has 2 rings (SSSR count). The Kier molecular flexibility index (Phi) is 5.72. The van der Waals surface area contributed by atoms with Gasteiger partial charge in [0.2, 0.25) is 0 Å². The van der Waals surface area contributed by atoms with Crippen LogP contribution >= 0.6 is 11.6 Å². The molecule has 6 heteroatoms. The molecule has 0 spiro atoms. The zero-order valence-electron chi connectivity index (χ0n) is 10.6. The number of alkyl halides is 3. The van der Waals surface area contributed by atoms with E-state index in [0.29, 0.717) is 6.07 Å². The third-order valence-corrected chi connectivity index (χ3v) is 2.61. The van der Waals surface area contributed by atoms with Crippen molar-refractivity contribution >= 4 is 11.6 Å². The molecule has 0 heterocycles. The number of hydrogen-bond acceptors (Lipinski definition) is 0. The predicted molar refractivity (Wildman–Crippen MR) is 71.7 cm³/mol. The Morgan fingerprint density at radius 1 is 0.810 bits per heavy atom. The topological polar surface area (TPSA) is 0 Å². The summed E-state index contributed by atoms with van der Waals surface area (Å²) < 4.78 is 60.7. The van der Waals surface area contributed by atoms with Crippen molar-refractivity contribution in [2.45, 2.75) is 6.18 Å². The summed E-state index contributed by atoms with van der Waals surface area (Å²) in [6.45, 7) is 6.84. The van der Waals surface area contributed by atoms with E-state index in [-0.39, 0.29) is 10.6 Å². The summed E-state index contributed by atoms with van der Waals surface area (Å²) >= 11 is 5.40. The minimum Gasteiger partial charge on any atom is -0.206 e. The van der Waals surface area contributed by atoms with Gasteiger partial charge < -0.3 is 0 Å². The van der Waals surface area contributed by atoms with E-state index in [9.17, 15) is 22.0 Å². The second-order valence-corrected chi connectivity index (χ2v) is 4.47. The Balaban J connectivity index is 0.000000219. The van der Waals surface area contributed by atoms with Crippen LogP contribution in [0, 0.1) is 25.5 Å². The average molecular weight is 321 g/mol. The highest BCUT2D eigenvalue weighted by molar-refractivity contribution is 6.30. The lowest BCUT2D eigenvalue weighted by atomic mass is 10.1. The van der Waals surface area contributed by atoms with Crippen molar-refractivity contribution < 1.29 is 22.0 Å². The van der Waals surface area contributed by atoms with Gasteiger partial charge in [0.05, 0.1) is 10.6 Å². The van der Waals surface area contributed by atoms with Crippen LogP contribution in [0.15, 0.2) is 36.4 Å². The van der Waals surface area contributed by atoms with E-state index in [1.165, 1.54) is 18.2 Å². The van der Waals surface area contributed by atoms with Crippen molar-refractivity contribution in [2.24, 2.45) is 0 Å². The molecule has 0 aliphatic rings. The highest BCUT2D eigenvalue weighted by atomic mass is 35.5. The van der Waals surface area contributed by atoms with E-state index in [0.717, 1.165) is 11.6 Å². The van der Waals surface area contributed by atoms with Gasteiger partial charge in [-0.25, -0.2) is 8.78 Å². The van der Waals surface area contributed by atoms with Crippen LogP contribution < -0.4 is 0 Å². The smallest absolute Gasteiger partial charge is 0.206 e. The molecule has 0 aromatic heterocycles. The lowest BCUT2D eigenvalue weighted by molar-refractivity contribution is -0.140. The second-order valence-electron chi connectivity index (χ2n) is 4.06. The SMILES string of the molecule is [CH2]c1ccc(F)c(C(F)(F)F)c1.[CH2]c1ccc(F)c(Cl)c1. The summed E-state index contributed by atoms with van der Waals surface area (Å²) in [4.78, 5) is 0. The molecule has 2 aromatic rings. The summed E-state index contributed by atoms with van der Waals surface area (Å²) in [5.41, 5.74) is -0.403. The van der Waals surface area contributed by atoms with Gasteiger partial charge in [0.15, 0.2) is 0 Å². The van der Waals surface area contributed by atoms with E-state index in [4.69, 9.17) is 11.6 Å². The Morgan fingerprint density at radius 2 is 1.29 bits per heavy atom. The fourth-order valence-corrected chi connectivity index (χ4v) is 1.53. The minimum atomic E-state index is -4.64. The Labute approximate surface area is 124 Å². The van der Waals surface area contributed by atoms with Crippen LogP contribution in [0.1, 0.15) is 16.7 Å². The van der Waals surface area contributed by atoms with Crippen LogP contribution in [-0.4, -0.2) is 0 Å². The largest absolute Gasteiger partial charge is 0.419 e. The quantitative estimate of drug-likeness (QED) is 0.547. The number of hydrogen-bond donors (Lipinski definition) is 0. The van der Waals surface area contributed by atoms with Crippen LogP contribution in [0.3, 0.4) is 0 Å². The van der Waals surface area contributed by atoms with E-state index >= 15 is 0 Å². The summed E-state index contributed by atoms with van der Waals surface area (Å²) in [7, 11) is 0. The van der Waals surface area contributed by atoms with E-state index in [2.05, 4.69) is 13.8 Å². The van der Waals surface area contributed by atoms with Gasteiger partial charge in [-0.1, -0.05) is 23.7 Å². The Bertz CT molecular complexity index is 620. The maximum atomic E-state index is 12.5. The van der Waals surface area contributed by atoms with Gasteiger partial charge in [-0.2, -0.15) is 13.2 Å². The number of benzene rings is 2. The van der Waals surface area contributed by atoms with Crippen LogP contribution in [0.2, 0.25) is 5.02 Å². The van der Waals surface area contributed by atoms with Gasteiger partial charge in [-0.05, 0) is 49.2 Å². The molecule has 0 aliphatic carbocycles. The fraction of sp³-hybridized carbons (Fsp3) is 0.0667.